The summed E-state index contributed by atoms with van der Waals surface area (Å²) in [6.07, 6.45) is -9.07. The van der Waals surface area contributed by atoms with Gasteiger partial charge in [-0.25, -0.2) is 14.4 Å². The molecule has 3 aromatic carbocycles. The van der Waals surface area contributed by atoms with Crippen LogP contribution in [0.2, 0.25) is 0 Å². The summed E-state index contributed by atoms with van der Waals surface area (Å²) in [7, 11) is 0. The SMILES string of the molecule is CC1(C)O[C@@H]2O[C@H]([C@H](COC(=O)CNC(=O)OCc3ccccc3)OC(=O)CNC(=O)OCc3ccccc3)[C@@H](OC(=O)CNC(=O)OCc3ccccc3)[C@H]2O1. The molecule has 3 N–H and O–H groups in total. The van der Waals surface area contributed by atoms with Crippen molar-refractivity contribution in [3.63, 3.8) is 0 Å². The number of ether oxygens (including phenoxy) is 9. The van der Waals surface area contributed by atoms with Crippen molar-refractivity contribution < 1.29 is 71.4 Å². The second-order valence-electron chi connectivity index (χ2n) is 13.0. The molecule has 0 radical (unpaired) electrons. The Morgan fingerprint density at radius 2 is 1.04 bits per heavy atom. The maximum Gasteiger partial charge on any atom is 0.407 e. The van der Waals surface area contributed by atoms with Gasteiger partial charge < -0.3 is 58.6 Å². The first-order chi connectivity index (χ1) is 27.4. The Kier molecular flexibility index (Phi) is 15.2. The average molecular weight is 794 g/mol. The van der Waals surface area contributed by atoms with Gasteiger partial charge in [0.15, 0.2) is 30.4 Å². The summed E-state index contributed by atoms with van der Waals surface area (Å²) in [5, 5.41) is 6.86. The molecule has 0 aliphatic carbocycles. The molecule has 0 unspecified atom stereocenters. The monoisotopic (exact) mass is 793 g/mol. The van der Waals surface area contributed by atoms with Gasteiger partial charge in [0.2, 0.25) is 0 Å². The van der Waals surface area contributed by atoms with E-state index in [9.17, 15) is 28.8 Å². The second kappa shape index (κ2) is 20.6. The molecule has 0 aromatic heterocycles. The molecule has 18 nitrogen and oxygen atoms in total. The van der Waals surface area contributed by atoms with E-state index in [1.165, 1.54) is 0 Å². The summed E-state index contributed by atoms with van der Waals surface area (Å²) in [6, 6.07) is 26.6. The van der Waals surface area contributed by atoms with Crippen LogP contribution in [-0.4, -0.2) is 98.9 Å². The van der Waals surface area contributed by atoms with Gasteiger partial charge >= 0.3 is 36.2 Å². The van der Waals surface area contributed by atoms with Crippen molar-refractivity contribution in [2.24, 2.45) is 0 Å². The second-order valence-corrected chi connectivity index (χ2v) is 13.0. The summed E-state index contributed by atoms with van der Waals surface area (Å²) >= 11 is 0. The molecule has 3 amide bonds. The third-order valence-electron chi connectivity index (χ3n) is 8.12. The van der Waals surface area contributed by atoms with Crippen LogP contribution in [0, 0.1) is 0 Å². The summed E-state index contributed by atoms with van der Waals surface area (Å²) in [6.45, 7) is 0.473. The maximum absolute atomic E-state index is 13.1. The van der Waals surface area contributed by atoms with E-state index in [1.54, 1.807) is 92.7 Å². The predicted octanol–water partition coefficient (Wildman–Crippen LogP) is 3.01. The Balaban J connectivity index is 1.20. The van der Waals surface area contributed by atoms with Gasteiger partial charge in [-0.2, -0.15) is 0 Å². The first-order valence-electron chi connectivity index (χ1n) is 17.8. The van der Waals surface area contributed by atoms with Gasteiger partial charge in [-0.3, -0.25) is 14.4 Å². The van der Waals surface area contributed by atoms with E-state index in [-0.39, 0.29) is 19.8 Å². The fraction of sp³-hybridized carbons (Fsp3) is 0.385. The topological polar surface area (TPSA) is 222 Å². The van der Waals surface area contributed by atoms with Gasteiger partial charge in [0.25, 0.3) is 0 Å². The van der Waals surface area contributed by atoms with E-state index < -0.39 is 98.9 Å². The lowest BCUT2D eigenvalue weighted by molar-refractivity contribution is -0.234. The molecule has 2 saturated heterocycles. The van der Waals surface area contributed by atoms with Crippen molar-refractivity contribution in [1.29, 1.82) is 0 Å². The first kappa shape index (κ1) is 41.9. The number of fused-ring (bicyclic) bond motifs is 1. The fourth-order valence-corrected chi connectivity index (χ4v) is 5.52. The maximum atomic E-state index is 13.1. The van der Waals surface area contributed by atoms with Gasteiger partial charge in [-0.05, 0) is 30.5 Å². The first-order valence-corrected chi connectivity index (χ1v) is 17.8. The number of carbonyl (C=O) groups excluding carboxylic acids is 6. The van der Waals surface area contributed by atoms with E-state index in [0.29, 0.717) is 5.56 Å². The van der Waals surface area contributed by atoms with Gasteiger partial charge in [0.05, 0.1) is 0 Å². The summed E-state index contributed by atoms with van der Waals surface area (Å²) in [5.74, 6) is -4.07. The van der Waals surface area contributed by atoms with E-state index in [2.05, 4.69) is 16.0 Å². The fourth-order valence-electron chi connectivity index (χ4n) is 5.52. The van der Waals surface area contributed by atoms with Crippen LogP contribution < -0.4 is 16.0 Å². The van der Waals surface area contributed by atoms with Gasteiger partial charge in [0, 0.05) is 0 Å². The molecule has 2 fully saturated rings. The molecule has 18 heteroatoms. The Morgan fingerprint density at radius 3 is 1.51 bits per heavy atom. The van der Waals surface area contributed by atoms with Crippen molar-refractivity contribution >= 4 is 36.2 Å². The Labute approximate surface area is 327 Å². The molecule has 2 aliphatic rings. The standard InChI is InChI=1S/C39H43N3O15/c1-39(2)56-34-33(54-31(45)20-42-38(48)52-23-27-16-10-5-11-17-27)32(55-35(34)57-39)28(53-30(44)19-41-37(47)51-22-26-14-8-4-9-15-26)24-49-29(43)18-40-36(46)50-21-25-12-6-3-7-13-25/h3-17,28,32-35H,18-24H2,1-2H3,(H,40,46)(H,41,47)(H,42,48)/t28-,32+,33+,34+,35-/m0/s1. The lowest BCUT2D eigenvalue weighted by atomic mass is 10.1. The Hall–Kier alpha value is -6.24. The lowest BCUT2D eigenvalue weighted by Gasteiger charge is -2.30. The molecule has 304 valence electrons. The van der Waals surface area contributed by atoms with Crippen LogP contribution in [0.1, 0.15) is 30.5 Å². The van der Waals surface area contributed by atoms with Crippen LogP contribution in [0.25, 0.3) is 0 Å². The van der Waals surface area contributed by atoms with Crippen LogP contribution >= 0.6 is 0 Å². The van der Waals surface area contributed by atoms with Crippen molar-refractivity contribution in [1.82, 2.24) is 16.0 Å². The zero-order valence-corrected chi connectivity index (χ0v) is 31.1. The number of hydrogen-bond acceptors (Lipinski definition) is 15. The predicted molar refractivity (Wildman–Crippen MR) is 193 cm³/mol. The van der Waals surface area contributed by atoms with E-state index >= 15 is 0 Å². The largest absolute Gasteiger partial charge is 0.460 e. The number of amides is 3. The molecule has 2 heterocycles. The van der Waals surface area contributed by atoms with Crippen molar-refractivity contribution in [3.8, 4) is 0 Å². The van der Waals surface area contributed by atoms with Crippen molar-refractivity contribution in [2.45, 2.75) is 70.2 Å². The smallest absolute Gasteiger partial charge is 0.407 e. The number of esters is 3. The Morgan fingerprint density at radius 1 is 0.596 bits per heavy atom. The lowest BCUT2D eigenvalue weighted by Crippen LogP contribution is -2.49. The number of carbonyl (C=O) groups is 6. The minimum atomic E-state index is -1.49. The van der Waals surface area contributed by atoms with Crippen LogP contribution in [0.15, 0.2) is 91.0 Å². The number of alkyl carbamates (subject to hydrolysis) is 3. The third kappa shape index (κ3) is 13.8. The number of nitrogens with one attached hydrogen (secondary N) is 3. The third-order valence-corrected chi connectivity index (χ3v) is 8.12. The van der Waals surface area contributed by atoms with Crippen molar-refractivity contribution in [2.75, 3.05) is 26.2 Å². The van der Waals surface area contributed by atoms with Gasteiger partial charge in [-0.15, -0.1) is 0 Å². The highest BCUT2D eigenvalue weighted by molar-refractivity contribution is 5.79. The normalized spacial score (nSPS) is 19.5. The highest BCUT2D eigenvalue weighted by Gasteiger charge is 2.59. The van der Waals surface area contributed by atoms with Crippen LogP contribution in [-0.2, 0) is 76.8 Å². The molecule has 5 atom stereocenters. The van der Waals surface area contributed by atoms with Crippen LogP contribution in [0.5, 0.6) is 0 Å². The molecular formula is C39H43N3O15. The van der Waals surface area contributed by atoms with Gasteiger partial charge in [0.1, 0.15) is 52.2 Å². The van der Waals surface area contributed by atoms with Crippen LogP contribution in [0.3, 0.4) is 0 Å². The molecule has 0 spiro atoms. The molecular weight excluding hydrogens is 750 g/mol. The zero-order valence-electron chi connectivity index (χ0n) is 31.1. The number of benzene rings is 3. The molecule has 5 rings (SSSR count). The molecule has 0 saturated carbocycles. The van der Waals surface area contributed by atoms with E-state index in [4.69, 9.17) is 42.6 Å². The average Bonchev–Trinajstić information content (AvgIpc) is 3.69. The number of hydrogen-bond donors (Lipinski definition) is 3. The van der Waals surface area contributed by atoms with Crippen molar-refractivity contribution in [3.05, 3.63) is 108 Å². The molecule has 57 heavy (non-hydrogen) atoms. The quantitative estimate of drug-likeness (QED) is 0.132. The minimum absolute atomic E-state index is 0.0413. The van der Waals surface area contributed by atoms with Gasteiger partial charge in [-0.1, -0.05) is 91.0 Å². The Bertz CT molecular complexity index is 1810. The molecule has 3 aromatic rings. The highest BCUT2D eigenvalue weighted by Crippen LogP contribution is 2.40. The summed E-state index contributed by atoms with van der Waals surface area (Å²) in [4.78, 5) is 75.7. The summed E-state index contributed by atoms with van der Waals surface area (Å²) in [5.41, 5.74) is 2.17. The molecule has 2 aliphatic heterocycles. The summed E-state index contributed by atoms with van der Waals surface area (Å²) < 4.78 is 49.8. The number of rotatable bonds is 17. The van der Waals surface area contributed by atoms with E-state index in [1.807, 2.05) is 12.1 Å². The van der Waals surface area contributed by atoms with Crippen LogP contribution in [0.4, 0.5) is 14.4 Å². The highest BCUT2D eigenvalue weighted by atomic mass is 16.8. The minimum Gasteiger partial charge on any atom is -0.460 e. The zero-order chi connectivity index (χ0) is 40.6. The molecule has 0 bridgehead atoms. The van der Waals surface area contributed by atoms with E-state index in [0.717, 1.165) is 11.1 Å².